The fraction of sp³-hybridized carbons (Fsp3) is 0.632. The Morgan fingerprint density at radius 3 is 2.52 bits per heavy atom. The van der Waals surface area contributed by atoms with Crippen molar-refractivity contribution in [3.05, 3.63) is 35.4 Å². The van der Waals surface area contributed by atoms with E-state index in [2.05, 4.69) is 0 Å². The van der Waals surface area contributed by atoms with E-state index < -0.39 is 11.7 Å². The highest BCUT2D eigenvalue weighted by Crippen LogP contribution is 2.37. The molecule has 1 aliphatic rings. The standard InChI is InChI=1S/C19H27F3N2O/c1-14(15-7-6-8-16(13-15)19(20,21)22)24(17-10-11-17)18(25)9-4-2-3-5-12-23/h6-8,13-14,17H,2-5,9-12,23H2,1H3. The van der Waals surface area contributed by atoms with Crippen LogP contribution in [0.3, 0.4) is 0 Å². The molecule has 0 radical (unpaired) electrons. The van der Waals surface area contributed by atoms with E-state index >= 15 is 0 Å². The Morgan fingerprint density at radius 2 is 1.92 bits per heavy atom. The van der Waals surface area contributed by atoms with Crippen molar-refractivity contribution in [1.82, 2.24) is 4.90 Å². The van der Waals surface area contributed by atoms with E-state index in [9.17, 15) is 18.0 Å². The zero-order chi connectivity index (χ0) is 18.4. The van der Waals surface area contributed by atoms with Crippen molar-refractivity contribution in [3.63, 3.8) is 0 Å². The van der Waals surface area contributed by atoms with E-state index in [0.29, 0.717) is 18.5 Å². The summed E-state index contributed by atoms with van der Waals surface area (Å²) in [5.41, 5.74) is 5.33. The number of hydrogen-bond donors (Lipinski definition) is 1. The molecule has 3 nitrogen and oxygen atoms in total. The molecule has 0 aliphatic heterocycles. The lowest BCUT2D eigenvalue weighted by Crippen LogP contribution is -2.35. The van der Waals surface area contributed by atoms with Gasteiger partial charge >= 0.3 is 6.18 Å². The third kappa shape index (κ3) is 5.73. The predicted molar refractivity (Wildman–Crippen MR) is 91.9 cm³/mol. The van der Waals surface area contributed by atoms with Crippen LogP contribution in [0.4, 0.5) is 13.2 Å². The van der Waals surface area contributed by atoms with E-state index in [1.807, 2.05) is 6.92 Å². The zero-order valence-electron chi connectivity index (χ0n) is 14.7. The molecule has 0 aromatic heterocycles. The summed E-state index contributed by atoms with van der Waals surface area (Å²) >= 11 is 0. The summed E-state index contributed by atoms with van der Waals surface area (Å²) in [4.78, 5) is 14.4. The quantitative estimate of drug-likeness (QED) is 0.654. The normalized spacial score (nSPS) is 15.9. The third-order valence-corrected chi connectivity index (χ3v) is 4.69. The van der Waals surface area contributed by atoms with E-state index in [0.717, 1.165) is 50.7 Å². The molecule has 25 heavy (non-hydrogen) atoms. The van der Waals surface area contributed by atoms with Gasteiger partial charge in [0.15, 0.2) is 0 Å². The number of unbranched alkanes of at least 4 members (excludes halogenated alkanes) is 3. The first kappa shape index (κ1) is 19.8. The van der Waals surface area contributed by atoms with Crippen molar-refractivity contribution in [1.29, 1.82) is 0 Å². The zero-order valence-corrected chi connectivity index (χ0v) is 14.7. The van der Waals surface area contributed by atoms with Gasteiger partial charge in [0.05, 0.1) is 11.6 Å². The number of alkyl halides is 3. The number of carbonyl (C=O) groups excluding carboxylic acids is 1. The first-order chi connectivity index (χ1) is 11.8. The van der Waals surface area contributed by atoms with Crippen LogP contribution in [-0.4, -0.2) is 23.4 Å². The highest BCUT2D eigenvalue weighted by Gasteiger charge is 2.37. The average Bonchev–Trinajstić information content (AvgIpc) is 3.39. The van der Waals surface area contributed by atoms with Gasteiger partial charge in [0.2, 0.25) is 5.91 Å². The van der Waals surface area contributed by atoms with Crippen molar-refractivity contribution in [2.75, 3.05) is 6.54 Å². The van der Waals surface area contributed by atoms with Gasteiger partial charge in [0.1, 0.15) is 0 Å². The number of rotatable bonds is 9. The van der Waals surface area contributed by atoms with E-state index in [1.165, 1.54) is 6.07 Å². The van der Waals surface area contributed by atoms with Crippen molar-refractivity contribution in [2.45, 2.75) is 70.1 Å². The van der Waals surface area contributed by atoms with Crippen LogP contribution in [-0.2, 0) is 11.0 Å². The summed E-state index contributed by atoms with van der Waals surface area (Å²) < 4.78 is 38.8. The molecule has 0 bridgehead atoms. The Bertz CT molecular complexity index is 570. The van der Waals surface area contributed by atoms with E-state index in [4.69, 9.17) is 5.73 Å². The Labute approximate surface area is 147 Å². The monoisotopic (exact) mass is 356 g/mol. The molecule has 140 valence electrons. The molecule has 0 saturated heterocycles. The summed E-state index contributed by atoms with van der Waals surface area (Å²) in [6.07, 6.45) is 1.68. The molecule has 1 atom stereocenters. The fourth-order valence-electron chi connectivity index (χ4n) is 3.13. The molecule has 1 unspecified atom stereocenters. The summed E-state index contributed by atoms with van der Waals surface area (Å²) in [5.74, 6) is 0.0418. The van der Waals surface area contributed by atoms with Gasteiger partial charge in [0.25, 0.3) is 0 Å². The molecule has 6 heteroatoms. The van der Waals surface area contributed by atoms with Crippen LogP contribution < -0.4 is 5.73 Å². The number of amides is 1. The maximum Gasteiger partial charge on any atom is 0.416 e. The SMILES string of the molecule is CC(c1cccc(C(F)(F)F)c1)N(C(=O)CCCCCCN)C1CC1. The third-order valence-electron chi connectivity index (χ3n) is 4.69. The number of benzene rings is 1. The minimum atomic E-state index is -4.37. The average molecular weight is 356 g/mol. The van der Waals surface area contributed by atoms with Gasteiger partial charge < -0.3 is 10.6 Å². The van der Waals surface area contributed by atoms with Crippen molar-refractivity contribution in [2.24, 2.45) is 5.73 Å². The largest absolute Gasteiger partial charge is 0.416 e. The number of nitrogens with two attached hydrogens (primary N) is 1. The molecule has 1 aliphatic carbocycles. The van der Waals surface area contributed by atoms with Crippen LogP contribution in [0.2, 0.25) is 0 Å². The lowest BCUT2D eigenvalue weighted by molar-refractivity contribution is -0.137. The second-order valence-electron chi connectivity index (χ2n) is 6.78. The summed E-state index contributed by atoms with van der Waals surface area (Å²) in [6, 6.07) is 5.14. The Hall–Kier alpha value is -1.56. The van der Waals surface area contributed by atoms with E-state index in [1.54, 1.807) is 11.0 Å². The molecule has 0 heterocycles. The summed E-state index contributed by atoms with van der Waals surface area (Å²) in [5, 5.41) is 0. The summed E-state index contributed by atoms with van der Waals surface area (Å²) in [6.45, 7) is 2.48. The number of nitrogens with zero attached hydrogens (tertiary/aromatic N) is 1. The second-order valence-corrected chi connectivity index (χ2v) is 6.78. The topological polar surface area (TPSA) is 46.3 Å². The second kappa shape index (κ2) is 8.70. The number of hydrogen-bond acceptors (Lipinski definition) is 2. The van der Waals surface area contributed by atoms with Crippen LogP contribution in [0.25, 0.3) is 0 Å². The van der Waals surface area contributed by atoms with Crippen LogP contribution in [0.5, 0.6) is 0 Å². The Balaban J connectivity index is 2.03. The Morgan fingerprint density at radius 1 is 1.24 bits per heavy atom. The molecule has 1 saturated carbocycles. The highest BCUT2D eigenvalue weighted by molar-refractivity contribution is 5.77. The fourth-order valence-corrected chi connectivity index (χ4v) is 3.13. The van der Waals surface area contributed by atoms with Gasteiger partial charge in [0, 0.05) is 12.5 Å². The number of carbonyl (C=O) groups is 1. The lowest BCUT2D eigenvalue weighted by Gasteiger charge is -2.30. The summed E-state index contributed by atoms with van der Waals surface area (Å²) in [7, 11) is 0. The first-order valence-electron chi connectivity index (χ1n) is 9.03. The van der Waals surface area contributed by atoms with Gasteiger partial charge in [-0.2, -0.15) is 13.2 Å². The van der Waals surface area contributed by atoms with Crippen molar-refractivity contribution in [3.8, 4) is 0 Å². The van der Waals surface area contributed by atoms with E-state index in [-0.39, 0.29) is 18.0 Å². The molecule has 1 amide bonds. The molecule has 2 N–H and O–H groups in total. The number of halogens is 3. The lowest BCUT2D eigenvalue weighted by atomic mass is 10.0. The van der Waals surface area contributed by atoms with Crippen molar-refractivity contribution >= 4 is 5.91 Å². The Kier molecular flexibility index (Phi) is 6.87. The van der Waals surface area contributed by atoms with Crippen LogP contribution >= 0.6 is 0 Å². The van der Waals surface area contributed by atoms with Gasteiger partial charge in [-0.15, -0.1) is 0 Å². The maximum absolute atomic E-state index is 12.9. The molecule has 0 spiro atoms. The molecular formula is C19H27F3N2O. The van der Waals surface area contributed by atoms with Gasteiger partial charge in [-0.05, 0) is 56.8 Å². The van der Waals surface area contributed by atoms with Crippen LogP contribution in [0.1, 0.15) is 69.0 Å². The minimum absolute atomic E-state index is 0.0418. The van der Waals surface area contributed by atoms with Crippen LogP contribution in [0.15, 0.2) is 24.3 Å². The molecule has 1 aromatic rings. The van der Waals surface area contributed by atoms with Gasteiger partial charge in [-0.1, -0.05) is 25.0 Å². The smallest absolute Gasteiger partial charge is 0.333 e. The molecule has 1 fully saturated rings. The molecular weight excluding hydrogens is 329 g/mol. The maximum atomic E-state index is 12.9. The molecule has 1 aromatic carbocycles. The first-order valence-corrected chi connectivity index (χ1v) is 9.03. The van der Waals surface area contributed by atoms with Crippen LogP contribution in [0, 0.1) is 0 Å². The van der Waals surface area contributed by atoms with Gasteiger partial charge in [-0.3, -0.25) is 4.79 Å². The van der Waals surface area contributed by atoms with Crippen molar-refractivity contribution < 1.29 is 18.0 Å². The minimum Gasteiger partial charge on any atom is -0.333 e. The molecule has 2 rings (SSSR count). The predicted octanol–water partition coefficient (Wildman–Crippen LogP) is 4.67. The highest BCUT2D eigenvalue weighted by atomic mass is 19.4. The van der Waals surface area contributed by atoms with Gasteiger partial charge in [-0.25, -0.2) is 0 Å².